The minimum absolute atomic E-state index is 0.0781. The molecule has 0 saturated carbocycles. The molecule has 0 fully saturated rings. The van der Waals surface area contributed by atoms with Crippen LogP contribution in [0.4, 0.5) is 0 Å². The Hall–Kier alpha value is -3.29. The van der Waals surface area contributed by atoms with Crippen molar-refractivity contribution < 1.29 is 4.52 Å². The Bertz CT molecular complexity index is 983. The molecule has 8 nitrogen and oxygen atoms in total. The van der Waals surface area contributed by atoms with Gasteiger partial charge in [0.05, 0.1) is 12.0 Å². The van der Waals surface area contributed by atoms with E-state index in [1.165, 1.54) is 0 Å². The molecular weight excluding hydrogens is 318 g/mol. The fourth-order valence-corrected chi connectivity index (χ4v) is 2.65. The van der Waals surface area contributed by atoms with Gasteiger partial charge in [0.15, 0.2) is 5.82 Å². The highest BCUT2D eigenvalue weighted by atomic mass is 16.5. The molecule has 8 heteroatoms. The first-order valence-corrected chi connectivity index (χ1v) is 7.93. The van der Waals surface area contributed by atoms with Gasteiger partial charge in [-0.25, -0.2) is 14.6 Å². The number of hydrogen-bond acceptors (Lipinski definition) is 6. The van der Waals surface area contributed by atoms with Crippen molar-refractivity contribution in [3.05, 3.63) is 60.4 Å². The van der Waals surface area contributed by atoms with Gasteiger partial charge >= 0.3 is 0 Å². The summed E-state index contributed by atoms with van der Waals surface area (Å²) < 4.78 is 9.10. The summed E-state index contributed by atoms with van der Waals surface area (Å²) in [5.41, 5.74) is 2.78. The summed E-state index contributed by atoms with van der Waals surface area (Å²) in [4.78, 5) is 13.0. The summed E-state index contributed by atoms with van der Waals surface area (Å²) in [5.74, 6) is 1.79. The lowest BCUT2D eigenvalue weighted by molar-refractivity contribution is 0.345. The van der Waals surface area contributed by atoms with Crippen LogP contribution in [0.25, 0.3) is 17.2 Å². The van der Waals surface area contributed by atoms with E-state index < -0.39 is 0 Å². The molecule has 0 aliphatic rings. The number of pyridine rings is 1. The van der Waals surface area contributed by atoms with Gasteiger partial charge in [-0.3, -0.25) is 0 Å². The van der Waals surface area contributed by atoms with Crippen molar-refractivity contribution in [3.63, 3.8) is 0 Å². The summed E-state index contributed by atoms with van der Waals surface area (Å²) in [6.07, 6.45) is 7.02. The number of aryl methyl sites for hydroxylation is 2. The molecule has 0 aliphatic heterocycles. The van der Waals surface area contributed by atoms with E-state index in [0.29, 0.717) is 11.7 Å². The minimum Gasteiger partial charge on any atom is -0.337 e. The van der Waals surface area contributed by atoms with Crippen LogP contribution in [0.3, 0.4) is 0 Å². The van der Waals surface area contributed by atoms with E-state index in [9.17, 15) is 0 Å². The molecule has 0 radical (unpaired) electrons. The lowest BCUT2D eigenvalue weighted by atomic mass is 10.2. The van der Waals surface area contributed by atoms with Gasteiger partial charge in [0, 0.05) is 29.8 Å². The van der Waals surface area contributed by atoms with Gasteiger partial charge in [-0.05, 0) is 39.0 Å². The molecule has 4 aromatic heterocycles. The largest absolute Gasteiger partial charge is 0.337 e. The molecule has 4 aromatic rings. The summed E-state index contributed by atoms with van der Waals surface area (Å²) in [7, 11) is 0. The third kappa shape index (κ3) is 2.82. The highest BCUT2D eigenvalue weighted by molar-refractivity contribution is 5.53. The van der Waals surface area contributed by atoms with Gasteiger partial charge in [0.25, 0.3) is 0 Å². The highest BCUT2D eigenvalue weighted by Crippen LogP contribution is 2.21. The molecular formula is C17H17N7O. The maximum Gasteiger partial charge on any atom is 0.249 e. The van der Waals surface area contributed by atoms with Gasteiger partial charge in [-0.15, -0.1) is 0 Å². The van der Waals surface area contributed by atoms with Crippen LogP contribution in [0.15, 0.2) is 47.6 Å². The highest BCUT2D eigenvalue weighted by Gasteiger charge is 2.17. The van der Waals surface area contributed by atoms with E-state index in [2.05, 4.69) is 25.2 Å². The average Bonchev–Trinajstić information content (AvgIpc) is 3.35. The molecule has 0 aliphatic carbocycles. The van der Waals surface area contributed by atoms with Crippen molar-refractivity contribution >= 4 is 0 Å². The second-order valence-electron chi connectivity index (χ2n) is 5.89. The molecule has 1 unspecified atom stereocenters. The Morgan fingerprint density at radius 3 is 2.72 bits per heavy atom. The van der Waals surface area contributed by atoms with Gasteiger partial charge in [0.1, 0.15) is 6.04 Å². The number of nitrogens with zero attached hydrogens (tertiary/aromatic N) is 7. The molecule has 0 spiro atoms. The van der Waals surface area contributed by atoms with Gasteiger partial charge < -0.3 is 9.09 Å². The summed E-state index contributed by atoms with van der Waals surface area (Å²) >= 11 is 0. The summed E-state index contributed by atoms with van der Waals surface area (Å²) in [5, 5.41) is 8.49. The van der Waals surface area contributed by atoms with Crippen molar-refractivity contribution in [1.82, 2.24) is 34.5 Å². The molecule has 4 rings (SSSR count). The normalized spacial score (nSPS) is 12.4. The molecule has 126 valence electrons. The molecule has 0 bridgehead atoms. The Morgan fingerprint density at radius 1 is 1.20 bits per heavy atom. The van der Waals surface area contributed by atoms with Crippen LogP contribution in [0, 0.1) is 13.8 Å². The Labute approximate surface area is 144 Å². The summed E-state index contributed by atoms with van der Waals surface area (Å²) in [6.45, 7) is 5.93. The fourth-order valence-electron chi connectivity index (χ4n) is 2.65. The van der Waals surface area contributed by atoms with Gasteiger partial charge in [-0.2, -0.15) is 10.1 Å². The van der Waals surface area contributed by atoms with Crippen molar-refractivity contribution in [2.75, 3.05) is 0 Å². The Balaban J connectivity index is 1.60. The number of hydrogen-bond donors (Lipinski definition) is 0. The monoisotopic (exact) mass is 335 g/mol. The number of aromatic nitrogens is 7. The van der Waals surface area contributed by atoms with E-state index in [0.717, 1.165) is 22.8 Å². The SMILES string of the molecule is Cc1cc(C)n(-c2ccc(-c3noc(C(C)n4ccnc4)n3)cn2)n1. The third-order valence-electron chi connectivity index (χ3n) is 4.00. The molecule has 4 heterocycles. The maximum atomic E-state index is 5.39. The fraction of sp³-hybridized carbons (Fsp3) is 0.235. The predicted molar refractivity (Wildman–Crippen MR) is 90.2 cm³/mol. The smallest absolute Gasteiger partial charge is 0.249 e. The van der Waals surface area contributed by atoms with Crippen LogP contribution in [-0.2, 0) is 0 Å². The lowest BCUT2D eigenvalue weighted by Crippen LogP contribution is -2.04. The second kappa shape index (κ2) is 5.97. The topological polar surface area (TPSA) is 87.5 Å². The molecule has 1 atom stereocenters. The quantitative estimate of drug-likeness (QED) is 0.570. The van der Waals surface area contributed by atoms with Crippen LogP contribution in [0.2, 0.25) is 0 Å². The summed E-state index contributed by atoms with van der Waals surface area (Å²) in [6, 6.07) is 5.74. The molecule has 0 amide bonds. The standard InChI is InChI=1S/C17H17N7O/c1-11-8-12(2)24(21-11)15-5-4-14(9-19-15)16-20-17(25-22-16)13(3)23-7-6-18-10-23/h4-10,13H,1-3H3. The Kier molecular flexibility index (Phi) is 3.64. The third-order valence-corrected chi connectivity index (χ3v) is 4.00. The zero-order valence-corrected chi connectivity index (χ0v) is 14.2. The lowest BCUT2D eigenvalue weighted by Gasteiger charge is -2.06. The van der Waals surface area contributed by atoms with Crippen molar-refractivity contribution in [2.45, 2.75) is 26.8 Å². The number of imidazole rings is 1. The van der Waals surface area contributed by atoms with Gasteiger partial charge in [0.2, 0.25) is 11.7 Å². The van der Waals surface area contributed by atoms with Crippen molar-refractivity contribution in [3.8, 4) is 17.2 Å². The van der Waals surface area contributed by atoms with Crippen LogP contribution in [0.5, 0.6) is 0 Å². The molecule has 0 saturated heterocycles. The van der Waals surface area contributed by atoms with Gasteiger partial charge in [-0.1, -0.05) is 5.16 Å². The van der Waals surface area contributed by atoms with E-state index in [1.54, 1.807) is 18.7 Å². The first kappa shape index (κ1) is 15.3. The predicted octanol–water partition coefficient (Wildman–Crippen LogP) is 2.74. The van der Waals surface area contributed by atoms with Crippen LogP contribution >= 0.6 is 0 Å². The van der Waals surface area contributed by atoms with E-state index in [1.807, 2.05) is 54.4 Å². The Morgan fingerprint density at radius 2 is 2.08 bits per heavy atom. The number of rotatable bonds is 4. The molecule has 25 heavy (non-hydrogen) atoms. The second-order valence-corrected chi connectivity index (χ2v) is 5.89. The van der Waals surface area contributed by atoms with E-state index in [-0.39, 0.29) is 6.04 Å². The maximum absolute atomic E-state index is 5.39. The van der Waals surface area contributed by atoms with Crippen molar-refractivity contribution in [2.24, 2.45) is 0 Å². The van der Waals surface area contributed by atoms with E-state index >= 15 is 0 Å². The molecule has 0 aromatic carbocycles. The average molecular weight is 335 g/mol. The van der Waals surface area contributed by atoms with Crippen LogP contribution < -0.4 is 0 Å². The van der Waals surface area contributed by atoms with Crippen molar-refractivity contribution in [1.29, 1.82) is 0 Å². The first-order chi connectivity index (χ1) is 12.1. The first-order valence-electron chi connectivity index (χ1n) is 7.93. The zero-order chi connectivity index (χ0) is 17.4. The van der Waals surface area contributed by atoms with Crippen LogP contribution in [-0.4, -0.2) is 34.5 Å². The molecule has 0 N–H and O–H groups in total. The zero-order valence-electron chi connectivity index (χ0n) is 14.2. The van der Waals surface area contributed by atoms with E-state index in [4.69, 9.17) is 4.52 Å². The minimum atomic E-state index is -0.0781. The van der Waals surface area contributed by atoms with Crippen LogP contribution in [0.1, 0.15) is 30.2 Å².